The molecule has 0 fully saturated rings. The Morgan fingerprint density at radius 3 is 2.47 bits per heavy atom. The van der Waals surface area contributed by atoms with Crippen molar-refractivity contribution in [1.29, 1.82) is 0 Å². The molecule has 0 aliphatic heterocycles. The molecule has 1 heterocycles. The van der Waals surface area contributed by atoms with Crippen LogP contribution in [0.25, 0.3) is 0 Å². The summed E-state index contributed by atoms with van der Waals surface area (Å²) in [6, 6.07) is 1.47. The molecule has 0 atom stereocenters. The molecule has 15 heavy (non-hydrogen) atoms. The van der Waals surface area contributed by atoms with Crippen LogP contribution in [0.5, 0.6) is 0 Å². The summed E-state index contributed by atoms with van der Waals surface area (Å²) < 4.78 is 36.8. The van der Waals surface area contributed by atoms with Gasteiger partial charge in [-0.15, -0.1) is 0 Å². The molecule has 5 heteroatoms. The van der Waals surface area contributed by atoms with Crippen LogP contribution >= 0.6 is 0 Å². The minimum absolute atomic E-state index is 0.249. The van der Waals surface area contributed by atoms with Crippen LogP contribution in [0.2, 0.25) is 0 Å². The second-order valence-corrected chi connectivity index (χ2v) is 3.43. The summed E-state index contributed by atoms with van der Waals surface area (Å²) in [6.45, 7) is 3.39. The topological polar surface area (TPSA) is 38.9 Å². The van der Waals surface area contributed by atoms with Crippen LogP contribution in [0.3, 0.4) is 0 Å². The Morgan fingerprint density at radius 2 is 2.00 bits per heavy atom. The van der Waals surface area contributed by atoms with Crippen LogP contribution in [0.15, 0.2) is 6.07 Å². The van der Waals surface area contributed by atoms with Gasteiger partial charge in [-0.1, -0.05) is 6.92 Å². The molecule has 0 unspecified atom stereocenters. The van der Waals surface area contributed by atoms with Gasteiger partial charge in [-0.3, -0.25) is 0 Å². The third kappa shape index (κ3) is 3.11. The Bertz CT molecular complexity index is 358. The van der Waals surface area contributed by atoms with Gasteiger partial charge in [0, 0.05) is 5.69 Å². The zero-order valence-corrected chi connectivity index (χ0v) is 8.65. The lowest BCUT2D eigenvalue weighted by molar-refractivity contribution is -0.127. The number of anilines is 1. The van der Waals surface area contributed by atoms with Crippen LogP contribution in [0, 0.1) is 6.92 Å². The van der Waals surface area contributed by atoms with Crippen molar-refractivity contribution in [3.63, 3.8) is 0 Å². The number of nitrogens with two attached hydrogens (primary N) is 1. The van der Waals surface area contributed by atoms with E-state index >= 15 is 0 Å². The zero-order valence-electron chi connectivity index (χ0n) is 8.65. The maximum Gasteiger partial charge on any atom is 0.393 e. The molecule has 0 aromatic carbocycles. The molecule has 0 aliphatic rings. The van der Waals surface area contributed by atoms with E-state index in [-0.39, 0.29) is 11.4 Å². The monoisotopic (exact) mass is 218 g/mol. The van der Waals surface area contributed by atoms with Gasteiger partial charge in [0.1, 0.15) is 5.82 Å². The first kappa shape index (κ1) is 11.8. The summed E-state index contributed by atoms with van der Waals surface area (Å²) >= 11 is 0. The van der Waals surface area contributed by atoms with Crippen molar-refractivity contribution < 1.29 is 13.2 Å². The number of aromatic nitrogens is 1. The fourth-order valence-corrected chi connectivity index (χ4v) is 1.53. The Labute approximate surface area is 86.3 Å². The van der Waals surface area contributed by atoms with E-state index in [1.807, 2.05) is 0 Å². The maximum absolute atomic E-state index is 12.3. The van der Waals surface area contributed by atoms with Gasteiger partial charge in [-0.25, -0.2) is 4.98 Å². The Hall–Kier alpha value is -1.26. The predicted molar refractivity (Wildman–Crippen MR) is 52.5 cm³/mol. The molecule has 0 amide bonds. The van der Waals surface area contributed by atoms with Gasteiger partial charge in [0.2, 0.25) is 0 Å². The number of alkyl halides is 3. The normalized spacial score (nSPS) is 11.8. The van der Waals surface area contributed by atoms with Gasteiger partial charge in [0.25, 0.3) is 0 Å². The lowest BCUT2D eigenvalue weighted by Gasteiger charge is -2.13. The van der Waals surface area contributed by atoms with Crippen LogP contribution in [0.4, 0.5) is 19.0 Å². The van der Waals surface area contributed by atoms with E-state index in [1.165, 1.54) is 6.07 Å². The summed E-state index contributed by atoms with van der Waals surface area (Å²) in [6.07, 6.45) is -4.68. The van der Waals surface area contributed by atoms with Gasteiger partial charge in [-0.2, -0.15) is 13.2 Å². The Morgan fingerprint density at radius 1 is 1.40 bits per heavy atom. The highest BCUT2D eigenvalue weighted by Crippen LogP contribution is 2.26. The highest BCUT2D eigenvalue weighted by Gasteiger charge is 2.29. The molecular weight excluding hydrogens is 205 g/mol. The van der Waals surface area contributed by atoms with Gasteiger partial charge < -0.3 is 5.73 Å². The molecule has 0 saturated heterocycles. The largest absolute Gasteiger partial charge is 0.393 e. The number of halogens is 3. The van der Waals surface area contributed by atoms with Crippen LogP contribution in [0.1, 0.15) is 23.7 Å². The molecule has 0 spiro atoms. The fraction of sp³-hybridized carbons (Fsp3) is 0.500. The van der Waals surface area contributed by atoms with Gasteiger partial charge >= 0.3 is 6.18 Å². The first-order chi connectivity index (χ1) is 6.83. The average molecular weight is 218 g/mol. The summed E-state index contributed by atoms with van der Waals surface area (Å²) in [7, 11) is 0. The minimum Gasteiger partial charge on any atom is -0.384 e. The smallest absolute Gasteiger partial charge is 0.384 e. The van der Waals surface area contributed by atoms with Crippen LogP contribution in [-0.4, -0.2) is 11.2 Å². The molecule has 0 saturated carbocycles. The summed E-state index contributed by atoms with van der Waals surface area (Å²) in [4.78, 5) is 3.91. The van der Waals surface area contributed by atoms with E-state index < -0.39 is 12.6 Å². The molecule has 0 aliphatic carbocycles. The Kier molecular flexibility index (Phi) is 3.21. The summed E-state index contributed by atoms with van der Waals surface area (Å²) in [5.74, 6) is 0.273. The molecule has 2 N–H and O–H groups in total. The number of nitrogen functional groups attached to an aromatic ring is 1. The average Bonchev–Trinajstić information content (AvgIpc) is 2.07. The minimum atomic E-state index is -4.20. The van der Waals surface area contributed by atoms with Crippen molar-refractivity contribution >= 4 is 5.82 Å². The Balaban J connectivity index is 3.15. The fourth-order valence-electron chi connectivity index (χ4n) is 1.53. The number of pyridine rings is 1. The molecule has 1 rings (SSSR count). The first-order valence-corrected chi connectivity index (χ1v) is 4.65. The van der Waals surface area contributed by atoms with Crippen LogP contribution < -0.4 is 5.73 Å². The molecule has 0 bridgehead atoms. The van der Waals surface area contributed by atoms with Crippen molar-refractivity contribution in [2.24, 2.45) is 0 Å². The van der Waals surface area contributed by atoms with Crippen molar-refractivity contribution in [2.75, 3.05) is 5.73 Å². The van der Waals surface area contributed by atoms with E-state index in [1.54, 1.807) is 13.8 Å². The van der Waals surface area contributed by atoms with Gasteiger partial charge in [-0.05, 0) is 30.5 Å². The van der Waals surface area contributed by atoms with E-state index in [2.05, 4.69) is 4.98 Å². The second kappa shape index (κ2) is 4.08. The third-order valence-corrected chi connectivity index (χ3v) is 2.16. The van der Waals surface area contributed by atoms with Crippen LogP contribution in [-0.2, 0) is 12.8 Å². The van der Waals surface area contributed by atoms with Crippen molar-refractivity contribution in [1.82, 2.24) is 4.98 Å². The van der Waals surface area contributed by atoms with E-state index in [0.29, 0.717) is 17.7 Å². The molecule has 1 aromatic heterocycles. The van der Waals surface area contributed by atoms with E-state index in [4.69, 9.17) is 5.73 Å². The maximum atomic E-state index is 12.3. The standard InChI is InChI=1S/C10H13F3N2/c1-3-8-7(5-10(11,12)13)6(2)4-9(14)15-8/h4H,3,5H2,1-2H3,(H2,14,15). The first-order valence-electron chi connectivity index (χ1n) is 4.65. The molecule has 0 radical (unpaired) electrons. The predicted octanol–water partition coefficient (Wildman–Crippen LogP) is 2.64. The molecular formula is C10H13F3N2. The molecule has 84 valence electrons. The highest BCUT2D eigenvalue weighted by atomic mass is 19.4. The molecule has 2 nitrogen and oxygen atoms in total. The number of aryl methyl sites for hydroxylation is 2. The highest BCUT2D eigenvalue weighted by molar-refractivity contribution is 5.41. The van der Waals surface area contributed by atoms with Gasteiger partial charge in [0.05, 0.1) is 6.42 Å². The second-order valence-electron chi connectivity index (χ2n) is 3.43. The number of hydrogen-bond acceptors (Lipinski definition) is 2. The molecule has 1 aromatic rings. The lowest BCUT2D eigenvalue weighted by atomic mass is 10.0. The zero-order chi connectivity index (χ0) is 11.6. The van der Waals surface area contributed by atoms with E-state index in [0.717, 1.165) is 0 Å². The number of hydrogen-bond donors (Lipinski definition) is 1. The quantitative estimate of drug-likeness (QED) is 0.828. The lowest BCUT2D eigenvalue weighted by Crippen LogP contribution is -2.15. The number of nitrogens with zero attached hydrogens (tertiary/aromatic N) is 1. The van der Waals surface area contributed by atoms with Crippen molar-refractivity contribution in [3.05, 3.63) is 22.9 Å². The summed E-state index contributed by atoms with van der Waals surface area (Å²) in [5, 5.41) is 0. The SMILES string of the molecule is CCc1nc(N)cc(C)c1CC(F)(F)F. The van der Waals surface area contributed by atoms with Crippen molar-refractivity contribution in [2.45, 2.75) is 32.9 Å². The van der Waals surface area contributed by atoms with E-state index in [9.17, 15) is 13.2 Å². The number of rotatable bonds is 2. The van der Waals surface area contributed by atoms with Crippen molar-refractivity contribution in [3.8, 4) is 0 Å². The summed E-state index contributed by atoms with van der Waals surface area (Å²) in [5.41, 5.74) is 6.71. The van der Waals surface area contributed by atoms with Gasteiger partial charge in [0.15, 0.2) is 0 Å². The third-order valence-electron chi connectivity index (χ3n) is 2.16.